The minimum Gasteiger partial charge on any atom is -0.508 e. The number of aromatic nitrogens is 2. The van der Waals surface area contributed by atoms with Gasteiger partial charge in [-0.25, -0.2) is 9.18 Å². The number of nitrogens with zero attached hydrogens (tertiary/aromatic N) is 1. The number of ether oxygens (including phenoxy) is 6. The molecular weight excluding hydrogens is 864 g/mol. The van der Waals surface area contributed by atoms with Crippen LogP contribution in [0, 0.1) is 29.6 Å². The summed E-state index contributed by atoms with van der Waals surface area (Å²) in [5.74, 6) is 8.94. The van der Waals surface area contributed by atoms with E-state index in [-0.39, 0.29) is 75.9 Å². The lowest BCUT2D eigenvalue weighted by Gasteiger charge is -2.45. The second-order valence-corrected chi connectivity index (χ2v) is 17.5. The summed E-state index contributed by atoms with van der Waals surface area (Å²) in [6, 6.07) is 6.24. The molecule has 1 aromatic carbocycles. The lowest BCUT2D eigenvalue weighted by atomic mass is 9.82. The summed E-state index contributed by atoms with van der Waals surface area (Å²) in [5.41, 5.74) is -2.16. The smallest absolute Gasteiger partial charge is 0.411 e. The Kier molecular flexibility index (Phi) is 14.9. The van der Waals surface area contributed by atoms with Crippen LogP contribution in [-0.4, -0.2) is 130 Å². The first-order valence-corrected chi connectivity index (χ1v) is 22.1. The third kappa shape index (κ3) is 10.4. The van der Waals surface area contributed by atoms with E-state index < -0.39 is 79.1 Å². The molecular formula is C47H51FN4O12S. The van der Waals surface area contributed by atoms with E-state index in [1.807, 2.05) is 13.8 Å². The first-order valence-electron chi connectivity index (χ1n) is 21.1. The zero-order valence-corrected chi connectivity index (χ0v) is 37.5. The molecule has 0 bridgehead atoms. The van der Waals surface area contributed by atoms with Crippen molar-refractivity contribution in [3.8, 4) is 29.4 Å². The van der Waals surface area contributed by atoms with Crippen molar-refractivity contribution < 1.29 is 62.2 Å². The molecule has 2 aromatic heterocycles. The number of carbonyl (C=O) groups excluding carboxylic acids is 4. The summed E-state index contributed by atoms with van der Waals surface area (Å²) >= 11 is 0.960. The van der Waals surface area contributed by atoms with Crippen LogP contribution in [-0.2, 0) is 38.0 Å². The molecule has 344 valence electrons. The monoisotopic (exact) mass is 914 g/mol. The number of thioether (sulfide) groups is 1. The summed E-state index contributed by atoms with van der Waals surface area (Å²) in [7, 11) is 2.69. The number of fused-ring (bicyclic) bond motifs is 4. The van der Waals surface area contributed by atoms with E-state index in [0.29, 0.717) is 16.3 Å². The van der Waals surface area contributed by atoms with Gasteiger partial charge in [-0.3, -0.25) is 24.7 Å². The van der Waals surface area contributed by atoms with Crippen LogP contribution in [0.3, 0.4) is 0 Å². The van der Waals surface area contributed by atoms with Gasteiger partial charge in [0.05, 0.1) is 55.2 Å². The molecule has 4 heterocycles. The topological polar surface area (TPSA) is 217 Å². The second kappa shape index (κ2) is 20.4. The number of aromatic amines is 1. The number of aliphatic hydroxyl groups is 1. The average molecular weight is 915 g/mol. The number of ketones is 2. The van der Waals surface area contributed by atoms with Crippen LogP contribution in [0.4, 0.5) is 9.18 Å². The van der Waals surface area contributed by atoms with Crippen molar-refractivity contribution in [3.63, 3.8) is 0 Å². The second-order valence-electron chi connectivity index (χ2n) is 16.3. The molecule has 4 aliphatic rings. The molecule has 16 nitrogen and oxygen atoms in total. The lowest BCUT2D eigenvalue weighted by molar-refractivity contribution is -0.318. The predicted octanol–water partition coefficient (Wildman–Crippen LogP) is 4.69. The Bertz CT molecular complexity index is 2570. The van der Waals surface area contributed by atoms with Crippen LogP contribution < -0.4 is 10.6 Å². The van der Waals surface area contributed by atoms with Gasteiger partial charge in [-0.05, 0) is 48.9 Å². The Balaban J connectivity index is 1.31. The minimum atomic E-state index is -2.77. The van der Waals surface area contributed by atoms with E-state index in [2.05, 4.69) is 44.3 Å². The molecule has 2 saturated heterocycles. The summed E-state index contributed by atoms with van der Waals surface area (Å²) in [6.45, 7) is 6.93. The molecule has 1 amide bonds. The molecule has 5 N–H and O–H groups in total. The number of amides is 1. The standard InChI is InChI=1S/C47H51FN4O12S/c1-24(2)50-33-23-61-39(21-37(33)59-5)63-38-22-47(48,44(57)43-42-28(15-17-49-43)31-19-27(54)13-14-32(31)51-42)25(3)62-45(38)64-36-12-10-8-7-9-11-30-40(36)29(16-18-65-26(4)53)34(55)20-35(56)41(30)52-46(58)60-6/h7-8,13-17,19,24-25,33-34,36-40,45,50-51,54-55H,18,20-23H2,1-6H3,(H,52,58)/b8-7-,29-16-/t25?,33?,34-,36-,37?,38?,39?,40?,45?,47?/m0/s1. The maximum atomic E-state index is 18.1. The van der Waals surface area contributed by atoms with Crippen molar-refractivity contribution in [2.45, 2.75) is 108 Å². The number of carbonyl (C=O) groups is 4. The highest BCUT2D eigenvalue weighted by molar-refractivity contribution is 8.13. The highest BCUT2D eigenvalue weighted by Gasteiger charge is 2.56. The predicted molar refractivity (Wildman–Crippen MR) is 237 cm³/mol. The van der Waals surface area contributed by atoms with Crippen LogP contribution in [0.2, 0.25) is 0 Å². The van der Waals surface area contributed by atoms with Crippen LogP contribution in [0.15, 0.2) is 65.5 Å². The molecule has 7 rings (SSSR count). The fourth-order valence-electron chi connectivity index (χ4n) is 8.54. The summed E-state index contributed by atoms with van der Waals surface area (Å²) in [4.78, 5) is 60.7. The van der Waals surface area contributed by atoms with E-state index in [0.717, 1.165) is 18.9 Å². The molecule has 2 aliphatic heterocycles. The Morgan fingerprint density at radius 3 is 2.66 bits per heavy atom. The van der Waals surface area contributed by atoms with Crippen LogP contribution >= 0.6 is 11.8 Å². The van der Waals surface area contributed by atoms with Gasteiger partial charge in [0, 0.05) is 73.1 Å². The number of nitrogens with one attached hydrogen (secondary N) is 3. The minimum absolute atomic E-state index is 0.00564. The van der Waals surface area contributed by atoms with Gasteiger partial charge in [0.2, 0.25) is 11.5 Å². The number of pyridine rings is 1. The Morgan fingerprint density at radius 2 is 1.92 bits per heavy atom. The van der Waals surface area contributed by atoms with Gasteiger partial charge in [-0.15, -0.1) is 0 Å². The van der Waals surface area contributed by atoms with Crippen molar-refractivity contribution in [2.75, 3.05) is 26.6 Å². The van der Waals surface area contributed by atoms with Gasteiger partial charge in [0.15, 0.2) is 23.5 Å². The number of H-pyrrole nitrogens is 1. The number of Topliss-reactive ketones (excluding diaryl/α,β-unsaturated/α-hetero) is 2. The first-order chi connectivity index (χ1) is 31.1. The number of alkyl carbamates (subject to hydrolysis) is 1. The number of halogens is 1. The fraction of sp³-hybridized carbons (Fsp3) is 0.468. The molecule has 0 radical (unpaired) electrons. The molecule has 8 unspecified atom stereocenters. The summed E-state index contributed by atoms with van der Waals surface area (Å²) in [6.07, 6.45) is -4.58. The summed E-state index contributed by atoms with van der Waals surface area (Å²) in [5, 5.41) is 28.7. The quantitative estimate of drug-likeness (QED) is 0.0947. The van der Waals surface area contributed by atoms with Gasteiger partial charge in [-0.1, -0.05) is 55.4 Å². The number of allylic oxidation sites excluding steroid dienone is 3. The van der Waals surface area contributed by atoms with Crippen molar-refractivity contribution in [1.82, 2.24) is 20.6 Å². The van der Waals surface area contributed by atoms with Gasteiger partial charge < -0.3 is 48.9 Å². The Labute approximate surface area is 379 Å². The largest absolute Gasteiger partial charge is 0.508 e. The number of rotatable bonds is 12. The van der Waals surface area contributed by atoms with Crippen molar-refractivity contribution in [1.29, 1.82) is 0 Å². The van der Waals surface area contributed by atoms with Gasteiger partial charge >= 0.3 is 6.09 Å². The Morgan fingerprint density at radius 1 is 1.14 bits per heavy atom. The van der Waals surface area contributed by atoms with E-state index in [9.17, 15) is 29.4 Å². The van der Waals surface area contributed by atoms with Crippen molar-refractivity contribution in [2.24, 2.45) is 5.92 Å². The molecule has 65 heavy (non-hydrogen) atoms. The third-order valence-corrected chi connectivity index (χ3v) is 12.4. The molecule has 3 aromatic rings. The number of aromatic hydroxyl groups is 1. The third-order valence-electron chi connectivity index (χ3n) is 11.7. The number of aliphatic hydroxyl groups excluding tert-OH is 1. The normalized spacial score (nSPS) is 30.3. The maximum Gasteiger partial charge on any atom is 0.411 e. The fourth-order valence-corrected chi connectivity index (χ4v) is 9.05. The van der Waals surface area contributed by atoms with Crippen LogP contribution in [0.1, 0.15) is 57.4 Å². The highest BCUT2D eigenvalue weighted by atomic mass is 32.2. The van der Waals surface area contributed by atoms with Crippen LogP contribution in [0.5, 0.6) is 5.75 Å². The Hall–Kier alpha value is -5.41. The molecule has 0 spiro atoms. The number of alkyl halides is 1. The molecule has 2 aliphatic carbocycles. The number of benzene rings is 1. The van der Waals surface area contributed by atoms with E-state index >= 15 is 4.39 Å². The van der Waals surface area contributed by atoms with E-state index in [1.165, 1.54) is 44.3 Å². The number of hydrogen-bond donors (Lipinski definition) is 5. The van der Waals surface area contributed by atoms with Crippen molar-refractivity contribution in [3.05, 3.63) is 71.2 Å². The highest BCUT2D eigenvalue weighted by Crippen LogP contribution is 2.42. The molecule has 0 saturated carbocycles. The average Bonchev–Trinajstić information content (AvgIpc) is 3.64. The number of hydrogen-bond acceptors (Lipinski definition) is 15. The zero-order valence-electron chi connectivity index (χ0n) is 36.6. The zero-order chi connectivity index (χ0) is 46.6. The van der Waals surface area contributed by atoms with Gasteiger partial charge in [0.1, 0.15) is 23.7 Å². The van der Waals surface area contributed by atoms with E-state index in [4.69, 9.17) is 28.4 Å². The SMILES string of the molecule is COC(=O)NC1=C2C#C/C=C\C#C[C@H](OC3OC(C)C(F)(C(=O)c4nccc5c4[nH]c4ccc(O)cc45)CC3OC3CC(OC)C(NC(C)C)CO3)C2/C(=C\CSC(C)=O)[C@@H](O)CC1=O. The molecule has 2 fully saturated rings. The summed E-state index contributed by atoms with van der Waals surface area (Å²) < 4.78 is 54.6. The van der Waals surface area contributed by atoms with E-state index in [1.54, 1.807) is 25.3 Å². The van der Waals surface area contributed by atoms with Gasteiger partial charge in [-0.2, -0.15) is 0 Å². The lowest BCUT2D eigenvalue weighted by Crippen LogP contribution is -2.60. The van der Waals surface area contributed by atoms with Crippen LogP contribution in [0.25, 0.3) is 21.8 Å². The van der Waals surface area contributed by atoms with Gasteiger partial charge in [0.25, 0.3) is 0 Å². The maximum absolute atomic E-state index is 18.1. The number of phenolic OH excluding ortho intramolecular Hbond substituents is 1. The number of phenols is 1. The first kappa shape index (κ1) is 47.5. The molecule has 18 heteroatoms. The number of methoxy groups -OCH3 is 2. The van der Waals surface area contributed by atoms with Crippen molar-refractivity contribution >= 4 is 56.3 Å². The molecule has 10 atom stereocenters.